The van der Waals surface area contributed by atoms with Crippen LogP contribution in [0.2, 0.25) is 0 Å². The molecule has 0 fully saturated rings. The Kier molecular flexibility index (Phi) is 3.73. The van der Waals surface area contributed by atoms with Gasteiger partial charge in [0.25, 0.3) is 0 Å². The average molecular weight is 210 g/mol. The number of rotatable bonds is 2. The smallest absolute Gasteiger partial charge is 0.449 e. The highest BCUT2D eigenvalue weighted by molar-refractivity contribution is 5.94. The van der Waals surface area contributed by atoms with Crippen LogP contribution >= 0.6 is 0 Å². The van der Waals surface area contributed by atoms with E-state index in [0.717, 1.165) is 7.11 Å². The van der Waals surface area contributed by atoms with E-state index in [1.54, 1.807) is 0 Å². The summed E-state index contributed by atoms with van der Waals surface area (Å²) in [5, 5.41) is 0. The largest absolute Gasteiger partial charge is 0.492 e. The van der Waals surface area contributed by atoms with Gasteiger partial charge in [0, 0.05) is 11.5 Å². The molecule has 5 heteroatoms. The molecule has 2 nitrogen and oxygen atoms in total. The van der Waals surface area contributed by atoms with Gasteiger partial charge in [0.15, 0.2) is 5.78 Å². The summed E-state index contributed by atoms with van der Waals surface area (Å²) in [4.78, 5) is 11.2. The summed E-state index contributed by atoms with van der Waals surface area (Å²) < 4.78 is 40.5. The lowest BCUT2D eigenvalue weighted by atomic mass is 9.90. The first-order valence-corrected chi connectivity index (χ1v) is 3.96. The number of methoxy groups -OCH3 is 1. The van der Waals surface area contributed by atoms with Crippen LogP contribution in [0.15, 0.2) is 11.8 Å². The second-order valence-electron chi connectivity index (χ2n) is 3.82. The van der Waals surface area contributed by atoms with Crippen molar-refractivity contribution in [2.24, 2.45) is 5.41 Å². The third kappa shape index (κ3) is 3.81. The third-order valence-corrected chi connectivity index (χ3v) is 1.50. The van der Waals surface area contributed by atoms with Crippen molar-refractivity contribution in [2.75, 3.05) is 7.11 Å². The molecule has 0 amide bonds. The monoisotopic (exact) mass is 210 g/mol. The number of carbonyl (C=O) groups excluding carboxylic acids is 1. The maximum Gasteiger partial charge on any atom is 0.449 e. The number of halogens is 3. The number of carbonyl (C=O) groups is 1. The highest BCUT2D eigenvalue weighted by Gasteiger charge is 2.37. The molecule has 82 valence electrons. The lowest BCUT2D eigenvalue weighted by molar-refractivity contribution is -0.131. The van der Waals surface area contributed by atoms with Gasteiger partial charge in [0.2, 0.25) is 5.76 Å². The van der Waals surface area contributed by atoms with Crippen LogP contribution < -0.4 is 0 Å². The van der Waals surface area contributed by atoms with Gasteiger partial charge >= 0.3 is 6.18 Å². The van der Waals surface area contributed by atoms with Crippen molar-refractivity contribution in [2.45, 2.75) is 26.9 Å². The van der Waals surface area contributed by atoms with Gasteiger partial charge in [0.05, 0.1) is 7.11 Å². The van der Waals surface area contributed by atoms with Crippen LogP contribution in [0.1, 0.15) is 20.8 Å². The average Bonchev–Trinajstić information content (AvgIpc) is 1.95. The molecule has 0 aliphatic heterocycles. The fourth-order valence-corrected chi connectivity index (χ4v) is 0.592. The van der Waals surface area contributed by atoms with Crippen LogP contribution in [-0.4, -0.2) is 19.1 Å². The Bertz CT molecular complexity index is 246. The first-order chi connectivity index (χ1) is 6.09. The van der Waals surface area contributed by atoms with E-state index in [-0.39, 0.29) is 0 Å². The lowest BCUT2D eigenvalue weighted by Crippen LogP contribution is -2.21. The normalized spacial score (nSPS) is 14.1. The van der Waals surface area contributed by atoms with Crippen molar-refractivity contribution in [3.63, 3.8) is 0 Å². The van der Waals surface area contributed by atoms with Crippen LogP contribution in [0.5, 0.6) is 0 Å². The SMILES string of the molecule is CO/C(=C\C(=O)C(C)(C)C)C(F)(F)F. The van der Waals surface area contributed by atoms with E-state index in [9.17, 15) is 18.0 Å². The minimum absolute atomic E-state index is 0.486. The van der Waals surface area contributed by atoms with E-state index in [1.807, 2.05) is 0 Å². The molecule has 0 unspecified atom stereocenters. The molecule has 0 aromatic heterocycles. The van der Waals surface area contributed by atoms with E-state index < -0.39 is 23.1 Å². The first-order valence-electron chi connectivity index (χ1n) is 3.96. The summed E-state index contributed by atoms with van der Waals surface area (Å²) in [5.74, 6) is -1.89. The zero-order valence-corrected chi connectivity index (χ0v) is 8.53. The minimum Gasteiger partial charge on any atom is -0.492 e. The fourth-order valence-electron chi connectivity index (χ4n) is 0.592. The van der Waals surface area contributed by atoms with Gasteiger partial charge in [-0.05, 0) is 0 Å². The predicted molar refractivity (Wildman–Crippen MR) is 45.6 cm³/mol. The van der Waals surface area contributed by atoms with Crippen LogP contribution in [0.25, 0.3) is 0 Å². The van der Waals surface area contributed by atoms with Crippen molar-refractivity contribution in [1.82, 2.24) is 0 Å². The molecule has 0 aliphatic carbocycles. The second kappa shape index (κ2) is 4.02. The lowest BCUT2D eigenvalue weighted by Gasteiger charge is -2.15. The standard InChI is InChI=1S/C9H13F3O2/c1-8(2,3)6(13)5-7(14-4)9(10,11)12/h5H,1-4H3/b7-5-. The summed E-state index contributed by atoms with van der Waals surface area (Å²) in [6.45, 7) is 4.61. The molecule has 0 atom stereocenters. The minimum atomic E-state index is -4.62. The molecular weight excluding hydrogens is 197 g/mol. The predicted octanol–water partition coefficient (Wildman–Crippen LogP) is 2.69. The third-order valence-electron chi connectivity index (χ3n) is 1.50. The summed E-state index contributed by atoms with van der Waals surface area (Å²) in [6.07, 6.45) is -4.13. The molecule has 0 radical (unpaired) electrons. The topological polar surface area (TPSA) is 26.3 Å². The van der Waals surface area contributed by atoms with Crippen molar-refractivity contribution in [3.8, 4) is 0 Å². The van der Waals surface area contributed by atoms with Gasteiger partial charge < -0.3 is 4.74 Å². The summed E-state index contributed by atoms with van der Waals surface area (Å²) in [6, 6.07) is 0. The Balaban J connectivity index is 4.89. The van der Waals surface area contributed by atoms with Gasteiger partial charge in [-0.15, -0.1) is 0 Å². The fraction of sp³-hybridized carbons (Fsp3) is 0.667. The molecule has 0 bridgehead atoms. The number of hydrogen-bond donors (Lipinski definition) is 0. The van der Waals surface area contributed by atoms with Gasteiger partial charge in [-0.1, -0.05) is 20.8 Å². The Morgan fingerprint density at radius 2 is 1.64 bits per heavy atom. The molecule has 0 saturated heterocycles. The number of ketones is 1. The number of allylic oxidation sites excluding steroid dienone is 2. The van der Waals surface area contributed by atoms with E-state index >= 15 is 0 Å². The second-order valence-corrected chi connectivity index (χ2v) is 3.82. The van der Waals surface area contributed by atoms with E-state index in [1.165, 1.54) is 20.8 Å². The molecule has 14 heavy (non-hydrogen) atoms. The highest BCUT2D eigenvalue weighted by atomic mass is 19.4. The van der Waals surface area contributed by atoms with Gasteiger partial charge in [-0.3, -0.25) is 4.79 Å². The first kappa shape index (κ1) is 13.0. The number of hydrogen-bond acceptors (Lipinski definition) is 2. The molecule has 0 aliphatic rings. The quantitative estimate of drug-likeness (QED) is 0.517. The van der Waals surface area contributed by atoms with Gasteiger partial charge in [0.1, 0.15) is 0 Å². The molecule has 0 saturated carbocycles. The maximum absolute atomic E-state index is 12.1. The molecule has 0 N–H and O–H groups in total. The van der Waals surface area contributed by atoms with E-state index in [2.05, 4.69) is 4.74 Å². The molecule has 0 aromatic carbocycles. The molecular formula is C9H13F3O2. The number of alkyl halides is 3. The molecule has 0 spiro atoms. The van der Waals surface area contributed by atoms with E-state index in [4.69, 9.17) is 0 Å². The van der Waals surface area contributed by atoms with Gasteiger partial charge in [-0.25, -0.2) is 0 Å². The molecule has 0 aromatic rings. The van der Waals surface area contributed by atoms with E-state index in [0.29, 0.717) is 6.08 Å². The Labute approximate surface area is 80.7 Å². The summed E-state index contributed by atoms with van der Waals surface area (Å²) >= 11 is 0. The van der Waals surface area contributed by atoms with Crippen molar-refractivity contribution >= 4 is 5.78 Å². The number of ether oxygens (including phenoxy) is 1. The molecule has 0 rings (SSSR count). The van der Waals surface area contributed by atoms with Crippen LogP contribution in [0, 0.1) is 5.41 Å². The Hall–Kier alpha value is -1.00. The summed E-state index contributed by atoms with van der Waals surface area (Å²) in [7, 11) is 0.884. The molecule has 0 heterocycles. The van der Waals surface area contributed by atoms with Crippen LogP contribution in [-0.2, 0) is 9.53 Å². The Morgan fingerprint density at radius 3 is 1.86 bits per heavy atom. The maximum atomic E-state index is 12.1. The van der Waals surface area contributed by atoms with Crippen LogP contribution in [0.3, 0.4) is 0 Å². The Morgan fingerprint density at radius 1 is 1.21 bits per heavy atom. The van der Waals surface area contributed by atoms with Crippen molar-refractivity contribution in [1.29, 1.82) is 0 Å². The summed E-state index contributed by atoms with van der Waals surface area (Å²) in [5.41, 5.74) is -0.838. The van der Waals surface area contributed by atoms with Crippen molar-refractivity contribution < 1.29 is 22.7 Å². The van der Waals surface area contributed by atoms with Crippen LogP contribution in [0.4, 0.5) is 13.2 Å². The van der Waals surface area contributed by atoms with Gasteiger partial charge in [-0.2, -0.15) is 13.2 Å². The zero-order chi connectivity index (χ0) is 11.6. The van der Waals surface area contributed by atoms with Crippen molar-refractivity contribution in [3.05, 3.63) is 11.8 Å². The zero-order valence-electron chi connectivity index (χ0n) is 8.53. The highest BCUT2D eigenvalue weighted by Crippen LogP contribution is 2.27.